The molecule has 0 spiro atoms. The number of nitrogens with zero attached hydrogens (tertiary/aromatic N) is 3. The number of imidazole rings is 1. The molecule has 2 aromatic heterocycles. The highest BCUT2D eigenvalue weighted by Gasteiger charge is 2.27. The number of para-hydroxylation sites is 1. The first-order valence-corrected chi connectivity index (χ1v) is 9.63. The van der Waals surface area contributed by atoms with Crippen LogP contribution in [0.15, 0.2) is 60.1 Å². The smallest absolute Gasteiger partial charge is 0.276 e. The van der Waals surface area contributed by atoms with Crippen molar-refractivity contribution >= 4 is 27.9 Å². The van der Waals surface area contributed by atoms with E-state index in [1.807, 2.05) is 63.3 Å². The van der Waals surface area contributed by atoms with Crippen LogP contribution in [0.4, 0.5) is 5.69 Å². The molecule has 0 saturated heterocycles. The topological polar surface area (TPSA) is 46.8 Å². The molecule has 1 amide bonds. The van der Waals surface area contributed by atoms with Gasteiger partial charge in [-0.15, -0.1) is 11.3 Å². The predicted molar refractivity (Wildman–Crippen MR) is 107 cm³/mol. The predicted octanol–water partition coefficient (Wildman–Crippen LogP) is 4.27. The highest BCUT2D eigenvalue weighted by molar-refractivity contribution is 7.15. The number of thiazole rings is 1. The molecule has 1 aliphatic rings. The maximum atomic E-state index is 13.2. The number of carbonyl (C=O) groups is 1. The maximum absolute atomic E-state index is 13.2. The van der Waals surface area contributed by atoms with E-state index in [1.54, 1.807) is 7.11 Å². The minimum absolute atomic E-state index is 0.0184. The molecule has 1 aliphatic heterocycles. The summed E-state index contributed by atoms with van der Waals surface area (Å²) in [4.78, 5) is 20.5. The number of ether oxygens (including phenoxy) is 1. The van der Waals surface area contributed by atoms with Crippen LogP contribution in [0.2, 0.25) is 0 Å². The van der Waals surface area contributed by atoms with Gasteiger partial charge in [-0.05, 0) is 42.3 Å². The van der Waals surface area contributed by atoms with E-state index in [0.717, 1.165) is 40.6 Å². The van der Waals surface area contributed by atoms with Gasteiger partial charge in [-0.1, -0.05) is 18.2 Å². The van der Waals surface area contributed by atoms with Crippen molar-refractivity contribution < 1.29 is 9.53 Å². The van der Waals surface area contributed by atoms with Crippen molar-refractivity contribution in [3.63, 3.8) is 0 Å². The van der Waals surface area contributed by atoms with Crippen LogP contribution in [-0.4, -0.2) is 28.9 Å². The van der Waals surface area contributed by atoms with Crippen LogP contribution >= 0.6 is 11.3 Å². The van der Waals surface area contributed by atoms with E-state index in [2.05, 4.69) is 11.1 Å². The molecule has 2 aromatic carbocycles. The monoisotopic (exact) mass is 375 g/mol. The Labute approximate surface area is 160 Å². The Balaban J connectivity index is 1.51. The maximum Gasteiger partial charge on any atom is 0.276 e. The SMILES string of the molecule is COc1ccc(-c2cn3c(C(=O)N4CCc5ccccc54)csc3n2)cc1. The quantitative estimate of drug-likeness (QED) is 0.537. The average molecular weight is 375 g/mol. The third kappa shape index (κ3) is 2.61. The van der Waals surface area contributed by atoms with Gasteiger partial charge in [-0.2, -0.15) is 0 Å². The first-order valence-electron chi connectivity index (χ1n) is 8.75. The van der Waals surface area contributed by atoms with E-state index >= 15 is 0 Å². The highest BCUT2D eigenvalue weighted by Crippen LogP contribution is 2.31. The molecular weight excluding hydrogens is 358 g/mol. The molecule has 0 aliphatic carbocycles. The van der Waals surface area contributed by atoms with Gasteiger partial charge in [-0.3, -0.25) is 9.20 Å². The van der Waals surface area contributed by atoms with Gasteiger partial charge < -0.3 is 9.64 Å². The zero-order chi connectivity index (χ0) is 18.4. The van der Waals surface area contributed by atoms with Gasteiger partial charge in [0.05, 0.1) is 12.8 Å². The largest absolute Gasteiger partial charge is 0.497 e. The second kappa shape index (κ2) is 6.25. The van der Waals surface area contributed by atoms with E-state index < -0.39 is 0 Å². The van der Waals surface area contributed by atoms with Gasteiger partial charge in [0, 0.05) is 29.4 Å². The molecule has 5 rings (SSSR count). The van der Waals surface area contributed by atoms with Gasteiger partial charge in [0.25, 0.3) is 5.91 Å². The average Bonchev–Trinajstić information content (AvgIpc) is 3.41. The molecule has 0 N–H and O–H groups in total. The number of benzene rings is 2. The van der Waals surface area contributed by atoms with Gasteiger partial charge in [-0.25, -0.2) is 4.98 Å². The Bertz CT molecular complexity index is 1140. The molecule has 0 fully saturated rings. The number of carbonyl (C=O) groups excluding carboxylic acids is 1. The van der Waals surface area contributed by atoms with E-state index in [4.69, 9.17) is 4.74 Å². The van der Waals surface area contributed by atoms with Crippen LogP contribution < -0.4 is 9.64 Å². The lowest BCUT2D eigenvalue weighted by atomic mass is 10.2. The van der Waals surface area contributed by atoms with E-state index in [-0.39, 0.29) is 5.91 Å². The molecular formula is C21H17N3O2S. The lowest BCUT2D eigenvalue weighted by molar-refractivity contribution is 0.0984. The van der Waals surface area contributed by atoms with Crippen LogP contribution in [-0.2, 0) is 6.42 Å². The number of hydrogen-bond donors (Lipinski definition) is 0. The molecule has 4 aromatic rings. The van der Waals surface area contributed by atoms with Crippen molar-refractivity contribution in [3.05, 3.63) is 71.4 Å². The Kier molecular flexibility index (Phi) is 3.72. The summed E-state index contributed by atoms with van der Waals surface area (Å²) in [6, 6.07) is 15.9. The van der Waals surface area contributed by atoms with Gasteiger partial charge in [0.2, 0.25) is 0 Å². The number of methoxy groups -OCH3 is 1. The van der Waals surface area contributed by atoms with Crippen molar-refractivity contribution in [3.8, 4) is 17.0 Å². The lowest BCUT2D eigenvalue weighted by Crippen LogP contribution is -2.29. The van der Waals surface area contributed by atoms with Gasteiger partial charge in [0.15, 0.2) is 4.96 Å². The van der Waals surface area contributed by atoms with E-state index in [0.29, 0.717) is 5.69 Å². The number of rotatable bonds is 3. The Morgan fingerprint density at radius 3 is 2.78 bits per heavy atom. The molecule has 0 atom stereocenters. The number of aromatic nitrogens is 2. The van der Waals surface area contributed by atoms with Crippen molar-refractivity contribution in [1.82, 2.24) is 9.38 Å². The number of anilines is 1. The first kappa shape index (κ1) is 16.1. The zero-order valence-electron chi connectivity index (χ0n) is 14.8. The van der Waals surface area contributed by atoms with Gasteiger partial charge >= 0.3 is 0 Å². The molecule has 6 heteroatoms. The fourth-order valence-corrected chi connectivity index (χ4v) is 4.37. The number of amides is 1. The summed E-state index contributed by atoms with van der Waals surface area (Å²) >= 11 is 1.49. The fourth-order valence-electron chi connectivity index (χ4n) is 3.53. The number of fused-ring (bicyclic) bond motifs is 2. The molecule has 0 saturated carbocycles. The van der Waals surface area contributed by atoms with Crippen LogP contribution in [0.1, 0.15) is 16.1 Å². The number of hydrogen-bond acceptors (Lipinski definition) is 4. The first-order chi connectivity index (χ1) is 13.2. The highest BCUT2D eigenvalue weighted by atomic mass is 32.1. The lowest BCUT2D eigenvalue weighted by Gasteiger charge is -2.16. The summed E-state index contributed by atoms with van der Waals surface area (Å²) in [5.74, 6) is 0.827. The van der Waals surface area contributed by atoms with E-state index in [1.165, 1.54) is 16.9 Å². The zero-order valence-corrected chi connectivity index (χ0v) is 15.6. The van der Waals surface area contributed by atoms with Crippen LogP contribution in [0.5, 0.6) is 5.75 Å². The van der Waals surface area contributed by atoms with Crippen molar-refractivity contribution in [2.24, 2.45) is 0 Å². The Hall–Kier alpha value is -3.12. The second-order valence-electron chi connectivity index (χ2n) is 6.46. The van der Waals surface area contributed by atoms with Crippen LogP contribution in [0.3, 0.4) is 0 Å². The van der Waals surface area contributed by atoms with Crippen molar-refractivity contribution in [1.29, 1.82) is 0 Å². The fraction of sp³-hybridized carbons (Fsp3) is 0.143. The van der Waals surface area contributed by atoms with Gasteiger partial charge in [0.1, 0.15) is 11.4 Å². The molecule has 3 heterocycles. The standard InChI is InChI=1S/C21H17N3O2S/c1-26-16-8-6-14(7-9-16)17-12-24-19(13-27-21(24)22-17)20(25)23-11-10-15-4-2-3-5-18(15)23/h2-9,12-13H,10-11H2,1H3. The summed E-state index contributed by atoms with van der Waals surface area (Å²) in [5, 5.41) is 1.89. The summed E-state index contributed by atoms with van der Waals surface area (Å²) in [5.41, 5.74) is 4.73. The molecule has 0 radical (unpaired) electrons. The minimum atomic E-state index is 0.0184. The minimum Gasteiger partial charge on any atom is -0.497 e. The summed E-state index contributed by atoms with van der Waals surface area (Å²) in [6.07, 6.45) is 2.83. The Morgan fingerprint density at radius 2 is 1.96 bits per heavy atom. The van der Waals surface area contributed by atoms with Crippen molar-refractivity contribution in [2.75, 3.05) is 18.6 Å². The van der Waals surface area contributed by atoms with Crippen molar-refractivity contribution in [2.45, 2.75) is 6.42 Å². The molecule has 0 unspecified atom stereocenters. The normalized spacial score (nSPS) is 13.1. The third-order valence-corrected chi connectivity index (χ3v) is 5.79. The second-order valence-corrected chi connectivity index (χ2v) is 7.30. The summed E-state index contributed by atoms with van der Waals surface area (Å²) in [7, 11) is 1.65. The molecule has 27 heavy (non-hydrogen) atoms. The summed E-state index contributed by atoms with van der Waals surface area (Å²) < 4.78 is 7.11. The Morgan fingerprint density at radius 1 is 1.15 bits per heavy atom. The summed E-state index contributed by atoms with van der Waals surface area (Å²) in [6.45, 7) is 0.718. The molecule has 5 nitrogen and oxygen atoms in total. The third-order valence-electron chi connectivity index (χ3n) is 4.95. The van der Waals surface area contributed by atoms with E-state index in [9.17, 15) is 4.79 Å². The van der Waals surface area contributed by atoms with Crippen LogP contribution in [0, 0.1) is 0 Å². The molecule has 134 valence electrons. The molecule has 0 bridgehead atoms. The van der Waals surface area contributed by atoms with Crippen LogP contribution in [0.25, 0.3) is 16.2 Å².